The minimum absolute atomic E-state index is 0.187. The summed E-state index contributed by atoms with van der Waals surface area (Å²) in [5.41, 5.74) is 4.97. The lowest BCUT2D eigenvalue weighted by Crippen LogP contribution is -2.29. The number of rotatable bonds is 4. The highest BCUT2D eigenvalue weighted by Gasteiger charge is 2.42. The van der Waals surface area contributed by atoms with E-state index in [1.807, 2.05) is 42.5 Å². The molecule has 3 heterocycles. The molecule has 5 rings (SSSR count). The number of anilines is 1. The fraction of sp³-hybridized carbons (Fsp3) is 0.154. The van der Waals surface area contributed by atoms with Crippen molar-refractivity contribution in [3.63, 3.8) is 0 Å². The van der Waals surface area contributed by atoms with Crippen molar-refractivity contribution < 1.29 is 4.42 Å². The summed E-state index contributed by atoms with van der Waals surface area (Å²) in [7, 11) is 0. The maximum atomic E-state index is 6.46. The number of nitrogens with one attached hydrogen (secondary N) is 1. The quantitative estimate of drug-likeness (QED) is 0.299. The number of furan rings is 1. The summed E-state index contributed by atoms with van der Waals surface area (Å²) < 4.78 is 6.39. The number of halogens is 2. The average Bonchev–Trinajstić information content (AvgIpc) is 3.40. The Morgan fingerprint density at radius 1 is 0.970 bits per heavy atom. The van der Waals surface area contributed by atoms with Crippen LogP contribution in [0, 0.1) is 13.8 Å². The SMILES string of the molecule is Cc1cc(C)cc(N2C(=S)N[C@@H](c3ccccn3)[C@@H]2c2ccc(-c3cccc(Cl)c3Cl)o2)c1. The van der Waals surface area contributed by atoms with Gasteiger partial charge in [-0.05, 0) is 85.7 Å². The molecule has 0 saturated carbocycles. The smallest absolute Gasteiger partial charge is 0.174 e. The number of benzene rings is 2. The lowest BCUT2D eigenvalue weighted by Gasteiger charge is -2.26. The molecule has 0 radical (unpaired) electrons. The summed E-state index contributed by atoms with van der Waals surface area (Å²) in [5, 5.41) is 5.04. The lowest BCUT2D eigenvalue weighted by molar-refractivity contribution is 0.439. The number of hydrogen-bond donors (Lipinski definition) is 1. The third kappa shape index (κ3) is 4.12. The van der Waals surface area contributed by atoms with Gasteiger partial charge in [-0.2, -0.15) is 0 Å². The molecule has 1 fully saturated rings. The average molecular weight is 494 g/mol. The van der Waals surface area contributed by atoms with E-state index < -0.39 is 0 Å². The normalized spacial score (nSPS) is 17.9. The summed E-state index contributed by atoms with van der Waals surface area (Å²) in [6.07, 6.45) is 1.79. The molecule has 166 valence electrons. The van der Waals surface area contributed by atoms with Crippen LogP contribution in [0.4, 0.5) is 5.69 Å². The Balaban J connectivity index is 1.63. The fourth-order valence-corrected chi connectivity index (χ4v) is 5.10. The van der Waals surface area contributed by atoms with E-state index >= 15 is 0 Å². The second kappa shape index (κ2) is 8.82. The van der Waals surface area contributed by atoms with Crippen molar-refractivity contribution >= 4 is 46.2 Å². The predicted octanol–water partition coefficient (Wildman–Crippen LogP) is 7.44. The van der Waals surface area contributed by atoms with E-state index in [1.165, 1.54) is 11.1 Å². The number of thiocarbonyl (C=S) groups is 1. The first-order valence-corrected chi connectivity index (χ1v) is 11.7. The second-order valence-corrected chi connectivity index (χ2v) is 9.32. The van der Waals surface area contributed by atoms with Crippen molar-refractivity contribution in [3.8, 4) is 11.3 Å². The number of hydrogen-bond acceptors (Lipinski definition) is 3. The van der Waals surface area contributed by atoms with Crippen LogP contribution in [0.25, 0.3) is 11.3 Å². The molecular weight excluding hydrogens is 473 g/mol. The van der Waals surface area contributed by atoms with Gasteiger partial charge >= 0.3 is 0 Å². The van der Waals surface area contributed by atoms with E-state index in [9.17, 15) is 0 Å². The molecule has 2 aromatic carbocycles. The number of aromatic nitrogens is 1. The fourth-order valence-electron chi connectivity index (χ4n) is 4.36. The van der Waals surface area contributed by atoms with Gasteiger partial charge in [0.15, 0.2) is 5.11 Å². The van der Waals surface area contributed by atoms with Gasteiger partial charge in [-0.15, -0.1) is 0 Å². The lowest BCUT2D eigenvalue weighted by atomic mass is 10.0. The largest absolute Gasteiger partial charge is 0.459 e. The Morgan fingerprint density at radius 2 is 1.76 bits per heavy atom. The van der Waals surface area contributed by atoms with Crippen LogP contribution in [-0.4, -0.2) is 10.1 Å². The summed E-state index contributed by atoms with van der Waals surface area (Å²) >= 11 is 18.5. The van der Waals surface area contributed by atoms with Gasteiger partial charge in [0.2, 0.25) is 0 Å². The topological polar surface area (TPSA) is 41.3 Å². The van der Waals surface area contributed by atoms with Gasteiger partial charge in [-0.1, -0.05) is 41.4 Å². The van der Waals surface area contributed by atoms with Gasteiger partial charge in [-0.3, -0.25) is 4.98 Å². The van der Waals surface area contributed by atoms with Crippen LogP contribution < -0.4 is 10.2 Å². The van der Waals surface area contributed by atoms with E-state index in [0.717, 1.165) is 22.7 Å². The predicted molar refractivity (Wildman–Crippen MR) is 138 cm³/mol. The highest BCUT2D eigenvalue weighted by molar-refractivity contribution is 7.80. The molecule has 2 aromatic heterocycles. The maximum absolute atomic E-state index is 6.46. The molecule has 2 atom stereocenters. The van der Waals surface area contributed by atoms with Crippen molar-refractivity contribution in [3.05, 3.63) is 106 Å². The van der Waals surface area contributed by atoms with Gasteiger partial charge in [-0.25, -0.2) is 0 Å². The summed E-state index contributed by atoms with van der Waals surface area (Å²) in [6, 6.07) is 21.3. The number of aryl methyl sites for hydroxylation is 2. The van der Waals surface area contributed by atoms with Gasteiger partial charge in [0.05, 0.1) is 21.8 Å². The Morgan fingerprint density at radius 3 is 2.48 bits per heavy atom. The van der Waals surface area contributed by atoms with Crippen LogP contribution in [0.15, 0.2) is 77.3 Å². The first kappa shape index (κ1) is 22.0. The van der Waals surface area contributed by atoms with Crippen LogP contribution in [0.5, 0.6) is 0 Å². The zero-order valence-corrected chi connectivity index (χ0v) is 20.4. The van der Waals surface area contributed by atoms with Crippen molar-refractivity contribution in [2.24, 2.45) is 0 Å². The third-order valence-corrected chi connectivity index (χ3v) is 6.85. The zero-order valence-electron chi connectivity index (χ0n) is 18.0. The van der Waals surface area contributed by atoms with Crippen LogP contribution in [0.1, 0.15) is 34.7 Å². The van der Waals surface area contributed by atoms with E-state index in [2.05, 4.69) is 47.2 Å². The highest BCUT2D eigenvalue weighted by Crippen LogP contribution is 2.44. The monoisotopic (exact) mass is 493 g/mol. The molecule has 1 aliphatic heterocycles. The molecule has 1 N–H and O–H groups in total. The molecule has 1 aliphatic rings. The van der Waals surface area contributed by atoms with E-state index in [1.54, 1.807) is 12.3 Å². The first-order valence-electron chi connectivity index (χ1n) is 10.6. The summed E-state index contributed by atoms with van der Waals surface area (Å²) in [6.45, 7) is 4.17. The Kier molecular flexibility index (Phi) is 5.87. The van der Waals surface area contributed by atoms with E-state index in [-0.39, 0.29) is 12.1 Å². The van der Waals surface area contributed by atoms with E-state index in [4.69, 9.17) is 39.8 Å². The molecule has 7 heteroatoms. The third-order valence-electron chi connectivity index (χ3n) is 5.72. The van der Waals surface area contributed by atoms with Crippen LogP contribution in [0.3, 0.4) is 0 Å². The van der Waals surface area contributed by atoms with Gasteiger partial charge in [0.1, 0.15) is 17.6 Å². The second-order valence-electron chi connectivity index (χ2n) is 8.15. The highest BCUT2D eigenvalue weighted by atomic mass is 35.5. The zero-order chi connectivity index (χ0) is 23.1. The number of nitrogens with zero attached hydrogens (tertiary/aromatic N) is 2. The molecule has 4 aromatic rings. The first-order chi connectivity index (χ1) is 15.9. The van der Waals surface area contributed by atoms with Crippen molar-refractivity contribution in [1.29, 1.82) is 0 Å². The number of pyridine rings is 1. The summed E-state index contributed by atoms with van der Waals surface area (Å²) in [4.78, 5) is 6.70. The maximum Gasteiger partial charge on any atom is 0.174 e. The Hall–Kier alpha value is -2.86. The molecule has 0 amide bonds. The molecule has 0 aliphatic carbocycles. The minimum Gasteiger partial charge on any atom is -0.459 e. The summed E-state index contributed by atoms with van der Waals surface area (Å²) in [5.74, 6) is 1.40. The molecular formula is C26H21Cl2N3OS. The van der Waals surface area contributed by atoms with Crippen molar-refractivity contribution in [2.75, 3.05) is 4.90 Å². The van der Waals surface area contributed by atoms with E-state index in [0.29, 0.717) is 20.9 Å². The molecule has 0 unspecified atom stereocenters. The van der Waals surface area contributed by atoms with Crippen LogP contribution in [0.2, 0.25) is 10.0 Å². The van der Waals surface area contributed by atoms with Crippen LogP contribution in [-0.2, 0) is 0 Å². The minimum atomic E-state index is -0.236. The Bertz CT molecular complexity index is 1320. The van der Waals surface area contributed by atoms with Gasteiger partial charge in [0, 0.05) is 17.4 Å². The molecule has 1 saturated heterocycles. The molecule has 4 nitrogen and oxygen atoms in total. The van der Waals surface area contributed by atoms with Crippen LogP contribution >= 0.6 is 35.4 Å². The Labute approximate surface area is 208 Å². The van der Waals surface area contributed by atoms with Crippen molar-refractivity contribution in [2.45, 2.75) is 25.9 Å². The van der Waals surface area contributed by atoms with Crippen molar-refractivity contribution in [1.82, 2.24) is 10.3 Å². The molecule has 33 heavy (non-hydrogen) atoms. The molecule has 0 bridgehead atoms. The molecule has 0 spiro atoms. The van der Waals surface area contributed by atoms with Gasteiger partial charge < -0.3 is 14.6 Å². The standard InChI is InChI=1S/C26H21Cl2N3OS/c1-15-12-16(2)14-17(13-15)31-25(24(30-26(31)33)20-8-3-4-11-29-20)22-10-9-21(32-22)18-6-5-7-19(27)23(18)28/h3-14,24-25H,1-2H3,(H,30,33)/t24-,25-/m0/s1. The van der Waals surface area contributed by atoms with Gasteiger partial charge in [0.25, 0.3) is 0 Å².